The van der Waals surface area contributed by atoms with Crippen LogP contribution in [0.4, 0.5) is 0 Å². The number of nitrogens with zero attached hydrogens (tertiary/aromatic N) is 6. The van der Waals surface area contributed by atoms with Crippen molar-refractivity contribution in [3.8, 4) is 50.9 Å². The zero-order chi connectivity index (χ0) is 51.6. The molecule has 0 bridgehead atoms. The molecule has 8 heteroatoms. The molecule has 1 aliphatic heterocycles. The van der Waals surface area contributed by atoms with Gasteiger partial charge in [-0.2, -0.15) is 18.2 Å². The quantitative estimate of drug-likeness (QED) is 0.118. The summed E-state index contributed by atoms with van der Waals surface area (Å²) >= 11 is 0. The van der Waals surface area contributed by atoms with Crippen molar-refractivity contribution in [2.24, 2.45) is 0 Å². The van der Waals surface area contributed by atoms with Crippen LogP contribution in [-0.2, 0) is 39.4 Å². The molecule has 12 rings (SSSR count). The Bertz CT molecular complexity index is 4050. The minimum absolute atomic E-state index is 0. The molecule has 0 aliphatic carbocycles. The summed E-state index contributed by atoms with van der Waals surface area (Å²) in [6, 6.07) is 31.8. The minimum atomic E-state index is -0.572. The number of aromatic nitrogens is 6. The number of hydrogen-bond acceptors (Lipinski definition) is 3. The van der Waals surface area contributed by atoms with E-state index in [1.807, 2.05) is 60.8 Å². The number of hydrogen-bond donors (Lipinski definition) is 0. The molecule has 0 fully saturated rings. The van der Waals surface area contributed by atoms with Crippen LogP contribution in [0.2, 0.25) is 0 Å². The summed E-state index contributed by atoms with van der Waals surface area (Å²) in [6.07, 6.45) is 8.45. The summed E-state index contributed by atoms with van der Waals surface area (Å²) in [5.74, 6) is 2.64. The Hall–Kier alpha value is -7.08. The van der Waals surface area contributed by atoms with E-state index < -0.39 is 60.4 Å². The Morgan fingerprint density at radius 1 is 0.708 bits per heavy atom. The third kappa shape index (κ3) is 7.06. The van der Waals surface area contributed by atoms with Gasteiger partial charge in [0.1, 0.15) is 11.6 Å². The molecular formula is C57H44N6OPt-2. The van der Waals surface area contributed by atoms with E-state index in [0.717, 1.165) is 75.9 Å². The molecule has 7 nitrogen and oxygen atoms in total. The molecular weight excluding hydrogens is 980 g/mol. The smallest absolute Gasteiger partial charge is 0.268 e. The zero-order valence-corrected chi connectivity index (χ0v) is 37.8. The number of fused-ring (bicyclic) bond motifs is 7. The van der Waals surface area contributed by atoms with Crippen LogP contribution in [0.5, 0.6) is 11.5 Å². The van der Waals surface area contributed by atoms with Gasteiger partial charge < -0.3 is 18.4 Å². The predicted molar refractivity (Wildman–Crippen MR) is 256 cm³/mol. The summed E-state index contributed by atoms with van der Waals surface area (Å²) in [7, 11) is 0. The maximum absolute atomic E-state index is 9.03. The van der Waals surface area contributed by atoms with Gasteiger partial charge in [0.2, 0.25) is 0 Å². The fourth-order valence-electron chi connectivity index (χ4n) is 8.99. The van der Waals surface area contributed by atoms with Gasteiger partial charge in [0.05, 0.1) is 41.5 Å². The Labute approximate surface area is 406 Å². The molecule has 0 amide bonds. The van der Waals surface area contributed by atoms with Crippen molar-refractivity contribution in [2.45, 2.75) is 52.0 Å². The summed E-state index contributed by atoms with van der Waals surface area (Å²) in [5.41, 5.74) is 6.59. The van der Waals surface area contributed by atoms with E-state index in [-0.39, 0.29) is 54.4 Å². The van der Waals surface area contributed by atoms with E-state index in [1.165, 1.54) is 0 Å². The minimum Gasteiger partial charge on any atom is -0.510 e. The van der Waals surface area contributed by atoms with Gasteiger partial charge in [-0.05, 0) is 81.4 Å². The monoisotopic (exact) mass is 1030 g/mol. The number of aryl methyl sites for hydroxylation is 2. The third-order valence-corrected chi connectivity index (χ3v) is 12.0. The average Bonchev–Trinajstić information content (AvgIpc) is 4.10. The van der Waals surface area contributed by atoms with Crippen LogP contribution in [0.25, 0.3) is 83.3 Å². The molecule has 65 heavy (non-hydrogen) atoms. The molecule has 0 spiro atoms. The second kappa shape index (κ2) is 16.2. The van der Waals surface area contributed by atoms with Gasteiger partial charge in [-0.1, -0.05) is 129 Å². The Morgan fingerprint density at radius 2 is 1.45 bits per heavy atom. The van der Waals surface area contributed by atoms with Crippen LogP contribution in [-0.4, -0.2) is 23.7 Å². The molecule has 0 saturated heterocycles. The Kier molecular flexibility index (Phi) is 7.69. The molecule has 0 unspecified atom stereocenters. The van der Waals surface area contributed by atoms with Crippen molar-refractivity contribution >= 4 is 43.9 Å². The van der Waals surface area contributed by atoms with Crippen molar-refractivity contribution in [1.82, 2.24) is 23.7 Å². The number of para-hydroxylation sites is 3. The first-order valence-electron chi connectivity index (χ1n) is 26.3. The summed E-state index contributed by atoms with van der Waals surface area (Å²) in [6.45, 7) is 7.47. The van der Waals surface area contributed by atoms with Crippen molar-refractivity contribution in [3.05, 3.63) is 194 Å². The molecule has 4 aromatic heterocycles. The normalized spacial score (nSPS) is 14.9. The van der Waals surface area contributed by atoms with Crippen LogP contribution in [0.3, 0.4) is 0 Å². The zero-order valence-electron chi connectivity index (χ0n) is 45.6. The van der Waals surface area contributed by atoms with Gasteiger partial charge in [0, 0.05) is 57.2 Å². The predicted octanol–water partition coefficient (Wildman–Crippen LogP) is 12.9. The molecule has 320 valence electrons. The van der Waals surface area contributed by atoms with E-state index in [2.05, 4.69) is 66.6 Å². The average molecular weight is 1030 g/mol. The molecule has 0 N–H and O–H groups in total. The topological polar surface area (TPSA) is 53.7 Å². The van der Waals surface area contributed by atoms with Crippen LogP contribution in [0.15, 0.2) is 164 Å². The van der Waals surface area contributed by atoms with Crippen LogP contribution >= 0.6 is 0 Å². The van der Waals surface area contributed by atoms with Crippen LogP contribution in [0, 0.1) is 18.5 Å². The largest absolute Gasteiger partial charge is 0.510 e. The second-order valence-corrected chi connectivity index (χ2v) is 17.0. The van der Waals surface area contributed by atoms with E-state index in [4.69, 9.17) is 28.4 Å². The second-order valence-electron chi connectivity index (χ2n) is 17.0. The molecule has 1 aliphatic rings. The van der Waals surface area contributed by atoms with Gasteiger partial charge in [0.15, 0.2) is 0 Å². The fraction of sp³-hybridized carbons (Fsp3) is 0.140. The number of benzene rings is 7. The fourth-order valence-corrected chi connectivity index (χ4v) is 8.99. The molecule has 0 atom stereocenters. The first-order valence-corrected chi connectivity index (χ1v) is 21.3. The van der Waals surface area contributed by atoms with Crippen LogP contribution in [0.1, 0.15) is 58.7 Å². The maximum Gasteiger partial charge on any atom is 0.268 e. The SMILES string of the molecule is [2H]c1c([2H])c([2H])c(-c2cccc(-c3c([2H])c([2H])c([2H])c([2H])c3[2H])c2-[n+]2[c-]n(-c3[c-]c(Oc4[c-]c5c(cc4)c4cc6c(cc4n5-c4cc(C(C)(C)C)ccn4)nc4n6CCCC4)ccc3)c3ccccc32)c([2H])c1[2H].[Pt]. The number of imidazole rings is 2. The van der Waals surface area contributed by atoms with E-state index >= 15 is 0 Å². The van der Waals surface area contributed by atoms with Crippen molar-refractivity contribution < 1.29 is 44.1 Å². The summed E-state index contributed by atoms with van der Waals surface area (Å²) in [5, 5.41) is 2.03. The van der Waals surface area contributed by atoms with E-state index in [1.54, 1.807) is 33.4 Å². The first-order chi connectivity index (χ1) is 35.5. The van der Waals surface area contributed by atoms with Crippen molar-refractivity contribution in [2.75, 3.05) is 0 Å². The Morgan fingerprint density at radius 3 is 2.22 bits per heavy atom. The first kappa shape index (κ1) is 30.9. The van der Waals surface area contributed by atoms with Gasteiger partial charge in [-0.3, -0.25) is 4.57 Å². The number of ether oxygens (including phenoxy) is 1. The number of pyridine rings is 1. The van der Waals surface area contributed by atoms with Gasteiger partial charge in [0.25, 0.3) is 6.33 Å². The Balaban J connectivity index is 0.00000602. The van der Waals surface area contributed by atoms with Crippen LogP contribution < -0.4 is 9.30 Å². The molecule has 11 aromatic rings. The van der Waals surface area contributed by atoms with Crippen molar-refractivity contribution in [1.29, 1.82) is 0 Å². The van der Waals surface area contributed by atoms with Gasteiger partial charge in [-0.15, -0.1) is 29.7 Å². The molecule has 7 aromatic carbocycles. The van der Waals surface area contributed by atoms with Gasteiger partial charge in [-0.25, -0.2) is 9.97 Å². The van der Waals surface area contributed by atoms with E-state index in [0.29, 0.717) is 28.2 Å². The molecule has 5 heterocycles. The number of rotatable bonds is 7. The third-order valence-electron chi connectivity index (χ3n) is 12.0. The molecule has 0 saturated carbocycles. The standard InChI is InChI=1S/C57H44N6O.Pt/c1-57(2,3)40-29-30-58-55(32-40)63-51-34-43(27-28-46(51)47-35-53-48(36-52(47)63)59-54-26-12-13-31-60(53)54)64-42-21-14-20-41(33-42)61-37-62(50-25-11-10-24-49(50)61)56-44(38-16-6-4-7-17-38)22-15-23-45(56)39-18-8-5-9-19-39;/h4-11,14-25,27-30,32,35-36H,12-13,26,31H2,1-3H3;/q-2;/i4D,5D,6D,7D,8D,9D,16D,17D,18D,19D;. The van der Waals surface area contributed by atoms with Crippen molar-refractivity contribution in [3.63, 3.8) is 0 Å². The molecule has 0 radical (unpaired) electrons. The summed E-state index contributed by atoms with van der Waals surface area (Å²) < 4.78 is 102. The van der Waals surface area contributed by atoms with Gasteiger partial charge >= 0.3 is 0 Å². The maximum atomic E-state index is 9.03. The van der Waals surface area contributed by atoms with E-state index in [9.17, 15) is 0 Å². The summed E-state index contributed by atoms with van der Waals surface area (Å²) in [4.78, 5) is 10.0.